The van der Waals surface area contributed by atoms with Crippen LogP contribution < -0.4 is 10.8 Å². The molecule has 0 aromatic carbocycles. The van der Waals surface area contributed by atoms with Crippen LogP contribution in [0.25, 0.3) is 11.2 Å². The molecule has 230 valence electrons. The summed E-state index contributed by atoms with van der Waals surface area (Å²) in [5.74, 6) is -0.0943. The van der Waals surface area contributed by atoms with Crippen LogP contribution in [0.2, 0.25) is 0 Å². The minimum atomic E-state index is -3.40. The Morgan fingerprint density at radius 3 is 2.61 bits per heavy atom. The summed E-state index contributed by atoms with van der Waals surface area (Å²) < 4.78 is 22.7. The Kier molecular flexibility index (Phi) is 11.5. The number of imidazole rings is 1. The Morgan fingerprint density at radius 1 is 1.29 bits per heavy atom. The normalized spacial score (nSPS) is 23.0. The minimum absolute atomic E-state index is 0.00899. The van der Waals surface area contributed by atoms with Crippen LogP contribution in [-0.4, -0.2) is 83.4 Å². The number of aromatic nitrogens is 4. The molecule has 0 amide bonds. The predicted molar refractivity (Wildman–Crippen MR) is 161 cm³/mol. The zero-order valence-corrected chi connectivity index (χ0v) is 27.5. The van der Waals surface area contributed by atoms with E-state index in [4.69, 9.17) is 59.3 Å². The highest BCUT2D eigenvalue weighted by Gasteiger charge is 2.56. The molecule has 1 aliphatic rings. The first-order chi connectivity index (χ1) is 19.0. The summed E-state index contributed by atoms with van der Waals surface area (Å²) in [5.41, 5.74) is 5.97. The predicted octanol–water partition coefficient (Wildman–Crippen LogP) is 3.33. The second-order valence-electron chi connectivity index (χ2n) is 10.6. The SMILES string of the molecule is CC(C)OC(=O)[C@H](C)N[P@](=S)(OCCSC(=O)C(C)(C)C)OC[C@H]1O[C@@H](n2cnc3c(N)ncnc32)C(Cl)(Cl)[C@@H]1O. The van der Waals surface area contributed by atoms with Crippen LogP contribution in [0.4, 0.5) is 5.82 Å². The van der Waals surface area contributed by atoms with E-state index in [-0.39, 0.29) is 30.3 Å². The molecular weight excluding hydrogens is 638 g/mol. The molecule has 1 fully saturated rings. The second kappa shape index (κ2) is 13.7. The fourth-order valence-corrected chi connectivity index (χ4v) is 7.43. The molecule has 41 heavy (non-hydrogen) atoms. The van der Waals surface area contributed by atoms with Gasteiger partial charge in [0.25, 0.3) is 6.64 Å². The molecule has 5 atom stereocenters. The number of alkyl halides is 2. The average Bonchev–Trinajstić information content (AvgIpc) is 3.38. The molecule has 2 aromatic rings. The summed E-state index contributed by atoms with van der Waals surface area (Å²) in [6, 6.07) is -0.878. The Hall–Kier alpha value is -1.13. The number of nitrogens with one attached hydrogen (secondary N) is 1. The summed E-state index contributed by atoms with van der Waals surface area (Å²) in [6.07, 6.45) is -1.33. The fourth-order valence-electron chi connectivity index (χ4n) is 3.56. The van der Waals surface area contributed by atoms with Gasteiger partial charge in [-0.25, -0.2) is 20.0 Å². The highest BCUT2D eigenvalue weighted by Crippen LogP contribution is 2.50. The highest BCUT2D eigenvalue weighted by atomic mass is 35.5. The van der Waals surface area contributed by atoms with Crippen LogP contribution >= 0.6 is 41.6 Å². The molecule has 0 saturated carbocycles. The van der Waals surface area contributed by atoms with E-state index in [0.717, 1.165) is 11.8 Å². The first-order valence-electron chi connectivity index (χ1n) is 12.6. The van der Waals surface area contributed by atoms with Crippen molar-refractivity contribution in [1.82, 2.24) is 24.6 Å². The van der Waals surface area contributed by atoms with Gasteiger partial charge in [-0.15, -0.1) is 0 Å². The fraction of sp³-hybridized carbons (Fsp3) is 0.696. The van der Waals surface area contributed by atoms with Crippen molar-refractivity contribution in [2.45, 2.75) is 76.5 Å². The number of nitrogen functional groups attached to an aromatic ring is 1. The van der Waals surface area contributed by atoms with E-state index in [1.54, 1.807) is 20.8 Å². The molecule has 0 spiro atoms. The summed E-state index contributed by atoms with van der Waals surface area (Å²) in [5, 5.41) is 13.9. The number of hydrogen-bond donors (Lipinski definition) is 3. The quantitative estimate of drug-likeness (QED) is 0.130. The average molecular weight is 674 g/mol. The zero-order valence-electron chi connectivity index (χ0n) is 23.4. The molecule has 3 rings (SSSR count). The van der Waals surface area contributed by atoms with Crippen LogP contribution in [0.1, 0.15) is 47.8 Å². The number of nitrogens with two attached hydrogens (primary N) is 1. The molecule has 1 saturated heterocycles. The number of carbonyl (C=O) groups excluding carboxylic acids is 2. The number of aliphatic hydroxyl groups excluding tert-OH is 1. The lowest BCUT2D eigenvalue weighted by Gasteiger charge is -2.28. The van der Waals surface area contributed by atoms with Gasteiger partial charge in [0, 0.05) is 11.2 Å². The number of esters is 1. The number of anilines is 1. The second-order valence-corrected chi connectivity index (χ2v) is 16.3. The molecule has 0 bridgehead atoms. The summed E-state index contributed by atoms with van der Waals surface area (Å²) in [6.45, 7) is 6.83. The number of fused-ring (bicyclic) bond motifs is 1. The van der Waals surface area contributed by atoms with E-state index in [1.165, 1.54) is 17.2 Å². The number of carbonyl (C=O) groups is 2. The molecule has 13 nitrogen and oxygen atoms in total. The number of ether oxygens (including phenoxy) is 2. The Bertz CT molecular complexity index is 1290. The van der Waals surface area contributed by atoms with Crippen molar-refractivity contribution in [3.8, 4) is 0 Å². The van der Waals surface area contributed by atoms with Gasteiger partial charge in [-0.1, -0.05) is 55.7 Å². The molecule has 4 N–H and O–H groups in total. The first kappa shape index (κ1) is 34.4. The number of rotatable bonds is 12. The maximum absolute atomic E-state index is 12.5. The van der Waals surface area contributed by atoms with E-state index in [9.17, 15) is 14.7 Å². The number of hydrogen-bond acceptors (Lipinski definition) is 13. The molecular formula is C23H35Cl2N6O7PS2. The molecule has 2 aromatic heterocycles. The van der Waals surface area contributed by atoms with Crippen LogP contribution in [0.5, 0.6) is 0 Å². The van der Waals surface area contributed by atoms with Crippen LogP contribution in [0.3, 0.4) is 0 Å². The van der Waals surface area contributed by atoms with Gasteiger partial charge in [0.15, 0.2) is 27.1 Å². The van der Waals surface area contributed by atoms with Crippen molar-refractivity contribution in [3.63, 3.8) is 0 Å². The zero-order chi connectivity index (χ0) is 30.8. The third-order valence-electron chi connectivity index (χ3n) is 5.68. The molecule has 0 unspecified atom stereocenters. The molecule has 18 heteroatoms. The number of nitrogens with zero attached hydrogens (tertiary/aromatic N) is 4. The van der Waals surface area contributed by atoms with Crippen molar-refractivity contribution < 1.29 is 33.2 Å². The van der Waals surface area contributed by atoms with Crippen molar-refractivity contribution >= 4 is 81.5 Å². The number of aliphatic hydroxyl groups is 1. The van der Waals surface area contributed by atoms with Crippen molar-refractivity contribution in [2.75, 3.05) is 24.7 Å². The van der Waals surface area contributed by atoms with Crippen LogP contribution in [0.15, 0.2) is 12.7 Å². The topological polar surface area (TPSA) is 173 Å². The lowest BCUT2D eigenvalue weighted by Crippen LogP contribution is -2.39. The minimum Gasteiger partial charge on any atom is -0.462 e. The maximum Gasteiger partial charge on any atom is 0.323 e. The van der Waals surface area contributed by atoms with Crippen molar-refractivity contribution in [1.29, 1.82) is 0 Å². The Labute approximate surface area is 257 Å². The molecule has 0 aliphatic carbocycles. The lowest BCUT2D eigenvalue weighted by molar-refractivity contribution is -0.149. The van der Waals surface area contributed by atoms with E-state index < -0.39 is 46.8 Å². The number of thioether (sulfide) groups is 1. The van der Waals surface area contributed by atoms with Gasteiger partial charge < -0.3 is 29.4 Å². The largest absolute Gasteiger partial charge is 0.462 e. The van der Waals surface area contributed by atoms with Gasteiger partial charge in [0.05, 0.1) is 25.6 Å². The van der Waals surface area contributed by atoms with Gasteiger partial charge in [-0.3, -0.25) is 14.2 Å². The summed E-state index contributed by atoms with van der Waals surface area (Å²) in [7, 11) is 0. The van der Waals surface area contributed by atoms with Crippen molar-refractivity contribution in [2.24, 2.45) is 5.41 Å². The van der Waals surface area contributed by atoms with E-state index in [1.807, 2.05) is 20.8 Å². The monoisotopic (exact) mass is 672 g/mol. The van der Waals surface area contributed by atoms with Crippen LogP contribution in [0, 0.1) is 5.41 Å². The van der Waals surface area contributed by atoms with E-state index in [2.05, 4.69) is 20.0 Å². The third-order valence-corrected chi connectivity index (χ3v) is 10.4. The third kappa shape index (κ3) is 8.49. The van der Waals surface area contributed by atoms with Gasteiger partial charge in [0.2, 0.25) is 0 Å². The van der Waals surface area contributed by atoms with E-state index in [0.29, 0.717) is 16.9 Å². The maximum atomic E-state index is 12.5. The smallest absolute Gasteiger partial charge is 0.323 e. The Balaban J connectivity index is 1.74. The van der Waals surface area contributed by atoms with Gasteiger partial charge >= 0.3 is 5.97 Å². The van der Waals surface area contributed by atoms with Gasteiger partial charge in [0.1, 0.15) is 30.1 Å². The first-order valence-corrected chi connectivity index (χ1v) is 17.0. The molecule has 1 aliphatic heterocycles. The number of halogens is 2. The van der Waals surface area contributed by atoms with E-state index >= 15 is 0 Å². The van der Waals surface area contributed by atoms with Crippen molar-refractivity contribution in [3.05, 3.63) is 12.7 Å². The Morgan fingerprint density at radius 2 is 1.98 bits per heavy atom. The van der Waals surface area contributed by atoms with Gasteiger partial charge in [-0.2, -0.15) is 0 Å². The highest BCUT2D eigenvalue weighted by molar-refractivity contribution is 8.13. The van der Waals surface area contributed by atoms with Crippen LogP contribution in [-0.2, 0) is 39.9 Å². The molecule has 0 radical (unpaired) electrons. The van der Waals surface area contributed by atoms with Gasteiger partial charge in [-0.05, 0) is 32.6 Å². The molecule has 3 heterocycles. The lowest BCUT2D eigenvalue weighted by atomic mass is 10.00. The summed E-state index contributed by atoms with van der Waals surface area (Å²) in [4.78, 5) is 37.0. The summed E-state index contributed by atoms with van der Waals surface area (Å²) >= 11 is 19.9. The standard InChI is InChI=1S/C23H35Cl2N6O7PS2/c1-12(2)37-19(33)13(3)30-39(40,35-7-8-41-21(34)22(4,5)6)36-9-14-16(32)23(24,25)20(38-14)31-11-29-15-17(26)27-10-28-18(15)31/h10-14,16,20,32H,7-9H2,1-6H3,(H,30,40)(H2,26,27,28)/t13-,14+,16+,20+,39-/m0/s1.